The quantitative estimate of drug-likeness (QED) is 0.306. The summed E-state index contributed by atoms with van der Waals surface area (Å²) in [5.74, 6) is 0.499. The Labute approximate surface area is 195 Å². The van der Waals surface area contributed by atoms with Gasteiger partial charge in [0.05, 0.1) is 37.8 Å². The zero-order valence-electron chi connectivity index (χ0n) is 20.2. The van der Waals surface area contributed by atoms with Crippen LogP contribution in [0, 0.1) is 5.92 Å². The topological polar surface area (TPSA) is 85.4 Å². The first kappa shape index (κ1) is 24.6. The molecule has 1 aliphatic heterocycles. The minimum atomic E-state index is -0.417. The molecule has 2 aromatic rings. The molecule has 1 aromatic carbocycles. The normalized spacial score (nSPS) is 17.8. The van der Waals surface area contributed by atoms with Gasteiger partial charge >= 0.3 is 11.9 Å². The van der Waals surface area contributed by atoms with Gasteiger partial charge in [0.2, 0.25) is 0 Å². The fourth-order valence-electron chi connectivity index (χ4n) is 4.31. The molecule has 0 bridgehead atoms. The number of fused-ring (bicyclic) bond motifs is 1. The first-order valence-corrected chi connectivity index (χ1v) is 11.6. The number of quaternary nitrogens is 1. The van der Waals surface area contributed by atoms with Gasteiger partial charge in [-0.25, -0.2) is 9.59 Å². The van der Waals surface area contributed by atoms with E-state index >= 15 is 0 Å². The van der Waals surface area contributed by atoms with Gasteiger partial charge in [-0.2, -0.15) is 4.48 Å². The predicted octanol–water partition coefficient (Wildman–Crippen LogP) is 5.16. The molecule has 0 saturated heterocycles. The van der Waals surface area contributed by atoms with E-state index in [9.17, 15) is 14.4 Å². The number of nitrogens with one attached hydrogen (secondary N) is 1. The summed E-state index contributed by atoms with van der Waals surface area (Å²) in [6.07, 6.45) is 3.59. The number of imide groups is 1. The number of benzene rings is 1. The average molecular weight is 453 g/mol. The number of aromatic nitrogens is 1. The largest absolute Gasteiger partial charge is 0.468 e. The molecule has 0 saturated carbocycles. The Morgan fingerprint density at radius 3 is 2.55 bits per heavy atom. The van der Waals surface area contributed by atoms with E-state index in [0.29, 0.717) is 42.4 Å². The summed E-state index contributed by atoms with van der Waals surface area (Å²) in [4.78, 5) is 42.0. The van der Waals surface area contributed by atoms with Gasteiger partial charge in [-0.1, -0.05) is 52.0 Å². The monoisotopic (exact) mass is 452 g/mol. The number of hydrogen-bond acceptors (Lipinski definition) is 5. The Morgan fingerprint density at radius 2 is 1.88 bits per heavy atom. The molecular formula is C26H34N3O4+. The Bertz CT molecular complexity index is 1050. The van der Waals surface area contributed by atoms with Crippen molar-refractivity contribution in [1.82, 2.24) is 4.98 Å². The first-order chi connectivity index (χ1) is 15.7. The van der Waals surface area contributed by atoms with Crippen LogP contribution in [0.2, 0.25) is 0 Å². The average Bonchev–Trinajstić information content (AvgIpc) is 2.79. The highest BCUT2D eigenvalue weighted by Crippen LogP contribution is 2.38. The van der Waals surface area contributed by atoms with E-state index in [1.54, 1.807) is 13.2 Å². The third-order valence-corrected chi connectivity index (χ3v) is 6.28. The van der Waals surface area contributed by atoms with Crippen LogP contribution >= 0.6 is 0 Å². The summed E-state index contributed by atoms with van der Waals surface area (Å²) in [5, 5.41) is 2.91. The van der Waals surface area contributed by atoms with E-state index in [0.717, 1.165) is 23.2 Å². The predicted molar refractivity (Wildman–Crippen MR) is 128 cm³/mol. The summed E-state index contributed by atoms with van der Waals surface area (Å²) in [6, 6.07) is 7.77. The number of nitrogens with zero attached hydrogens (tertiary/aromatic N) is 2. The van der Waals surface area contributed by atoms with Gasteiger partial charge in [-0.05, 0) is 35.8 Å². The van der Waals surface area contributed by atoms with E-state index in [-0.39, 0.29) is 19.1 Å². The van der Waals surface area contributed by atoms with Crippen LogP contribution in [0.25, 0.3) is 11.3 Å². The molecule has 0 fully saturated rings. The second-order valence-corrected chi connectivity index (χ2v) is 9.52. The summed E-state index contributed by atoms with van der Waals surface area (Å²) in [7, 11) is 1.62. The maximum Gasteiger partial charge on any atom is 0.428 e. The maximum absolute atomic E-state index is 13.9. The van der Waals surface area contributed by atoms with Crippen molar-refractivity contribution in [2.45, 2.75) is 52.9 Å². The lowest BCUT2D eigenvalue weighted by molar-refractivity contribution is -0.743. The van der Waals surface area contributed by atoms with Crippen LogP contribution < -0.4 is 5.32 Å². The number of hydrogen-bond donors (Lipinski definition) is 1. The molecule has 1 N–H and O–H groups in total. The van der Waals surface area contributed by atoms with Crippen molar-refractivity contribution >= 4 is 24.1 Å². The van der Waals surface area contributed by atoms with Crippen LogP contribution in [0.3, 0.4) is 0 Å². The molecule has 1 aliphatic rings. The highest BCUT2D eigenvalue weighted by atomic mass is 16.5. The molecule has 0 aliphatic carbocycles. The van der Waals surface area contributed by atoms with E-state index in [1.807, 2.05) is 12.1 Å². The van der Waals surface area contributed by atoms with Crippen molar-refractivity contribution < 1.29 is 23.6 Å². The molecule has 0 spiro atoms. The molecule has 3 amide bonds. The minimum Gasteiger partial charge on any atom is -0.468 e. The fraction of sp³-hybridized carbons (Fsp3) is 0.462. The zero-order chi connectivity index (χ0) is 24.2. The van der Waals surface area contributed by atoms with Crippen LogP contribution in [-0.4, -0.2) is 48.1 Å². The van der Waals surface area contributed by atoms with Crippen molar-refractivity contribution in [3.63, 3.8) is 0 Å². The number of pyridine rings is 1. The molecule has 2 heterocycles. The molecule has 7 heteroatoms. The number of anilines is 1. The smallest absolute Gasteiger partial charge is 0.428 e. The Balaban J connectivity index is 2.15. The summed E-state index contributed by atoms with van der Waals surface area (Å²) < 4.78 is 4.35. The minimum absolute atomic E-state index is 0.161. The number of carbonyl (C=O) groups excluding carboxylic acids is 3. The number of urea groups is 1. The molecule has 176 valence electrons. The lowest BCUT2D eigenvalue weighted by Crippen LogP contribution is -2.59. The van der Waals surface area contributed by atoms with Crippen LogP contribution in [0.5, 0.6) is 0 Å². The first-order valence-electron chi connectivity index (χ1n) is 11.6. The van der Waals surface area contributed by atoms with Crippen LogP contribution in [-0.2, 0) is 16.0 Å². The fourth-order valence-corrected chi connectivity index (χ4v) is 4.31. The van der Waals surface area contributed by atoms with Crippen molar-refractivity contribution in [2.24, 2.45) is 5.92 Å². The van der Waals surface area contributed by atoms with Gasteiger partial charge in [0.15, 0.2) is 0 Å². The Kier molecular flexibility index (Phi) is 7.64. The third-order valence-electron chi connectivity index (χ3n) is 6.28. The summed E-state index contributed by atoms with van der Waals surface area (Å²) in [6.45, 7) is 9.37. The maximum atomic E-state index is 13.9. The van der Waals surface area contributed by atoms with Gasteiger partial charge < -0.3 is 4.74 Å². The molecule has 1 aromatic heterocycles. The molecule has 1 unspecified atom stereocenters. The number of rotatable bonds is 10. The Hall–Kier alpha value is -3.06. The SMILES string of the molecule is CC(C)CCc1c(-c2ccccc2C(C)C)ncc2c1C(=O)[N+](C)(CCCOC=O)C(=O)N2. The number of amides is 3. The van der Waals surface area contributed by atoms with Gasteiger partial charge in [0.25, 0.3) is 6.47 Å². The second kappa shape index (κ2) is 10.3. The standard InChI is InChI=1S/C26H33N3O4/c1-17(2)11-12-21-23-22(15-27-24(21)20-10-7-6-9-19(20)18(3)4)28-26(32)29(5,25(23)31)13-8-14-33-16-30/h6-7,9-10,15-18H,8,11-14H2,1-5H3/p+1. The van der Waals surface area contributed by atoms with Crippen LogP contribution in [0.15, 0.2) is 30.5 Å². The molecule has 0 radical (unpaired) electrons. The molecule has 3 rings (SSSR count). The lowest BCUT2D eigenvalue weighted by Gasteiger charge is -2.34. The van der Waals surface area contributed by atoms with Crippen molar-refractivity contribution in [3.8, 4) is 11.3 Å². The highest BCUT2D eigenvalue weighted by molar-refractivity contribution is 6.10. The van der Waals surface area contributed by atoms with Gasteiger partial charge in [0, 0.05) is 12.0 Å². The highest BCUT2D eigenvalue weighted by Gasteiger charge is 2.47. The van der Waals surface area contributed by atoms with Gasteiger partial charge in [-0.15, -0.1) is 0 Å². The number of ether oxygens (including phenoxy) is 1. The van der Waals surface area contributed by atoms with E-state index in [4.69, 9.17) is 9.72 Å². The van der Waals surface area contributed by atoms with Crippen LogP contribution in [0.1, 0.15) is 67.9 Å². The lowest BCUT2D eigenvalue weighted by atomic mass is 9.88. The van der Waals surface area contributed by atoms with Gasteiger partial charge in [-0.3, -0.25) is 15.1 Å². The summed E-state index contributed by atoms with van der Waals surface area (Å²) in [5.41, 5.74) is 4.89. The molecular weight excluding hydrogens is 418 g/mol. The third kappa shape index (κ3) is 4.98. The molecule has 7 nitrogen and oxygen atoms in total. The van der Waals surface area contributed by atoms with Gasteiger partial charge in [0.1, 0.15) is 5.56 Å². The van der Waals surface area contributed by atoms with Crippen molar-refractivity contribution in [2.75, 3.05) is 25.5 Å². The number of carbonyl (C=O) groups is 3. The van der Waals surface area contributed by atoms with E-state index in [2.05, 4.69) is 45.1 Å². The molecule has 33 heavy (non-hydrogen) atoms. The Morgan fingerprint density at radius 1 is 1.15 bits per heavy atom. The van der Waals surface area contributed by atoms with E-state index < -0.39 is 10.5 Å². The van der Waals surface area contributed by atoms with Crippen molar-refractivity contribution in [1.29, 1.82) is 0 Å². The molecule has 1 atom stereocenters. The van der Waals surface area contributed by atoms with E-state index in [1.165, 1.54) is 5.56 Å². The van der Waals surface area contributed by atoms with Crippen LogP contribution in [0.4, 0.5) is 10.5 Å². The second-order valence-electron chi connectivity index (χ2n) is 9.52. The summed E-state index contributed by atoms with van der Waals surface area (Å²) >= 11 is 0. The van der Waals surface area contributed by atoms with Crippen molar-refractivity contribution in [3.05, 3.63) is 47.2 Å². The zero-order valence-corrected chi connectivity index (χ0v) is 20.2.